The van der Waals surface area contributed by atoms with Gasteiger partial charge in [0.25, 0.3) is 0 Å². The highest BCUT2D eigenvalue weighted by Crippen LogP contribution is 2.30. The molecule has 0 spiro atoms. The van der Waals surface area contributed by atoms with Crippen molar-refractivity contribution < 1.29 is 19.4 Å². The summed E-state index contributed by atoms with van der Waals surface area (Å²) in [5, 5.41) is 9.20. The van der Waals surface area contributed by atoms with Gasteiger partial charge in [-0.05, 0) is 31.5 Å². The minimum absolute atomic E-state index is 0.134. The Hall–Kier alpha value is -1.94. The predicted octanol–water partition coefficient (Wildman–Crippen LogP) is 4.06. The van der Waals surface area contributed by atoms with Gasteiger partial charge in [0.15, 0.2) is 0 Å². The van der Waals surface area contributed by atoms with E-state index in [1.54, 1.807) is 13.2 Å². The monoisotopic (exact) mass is 308 g/mol. The Bertz CT molecular complexity index is 604. The molecular formula is C16H17ClO4. The number of aromatic carboxylic acids is 1. The topological polar surface area (TPSA) is 55.8 Å². The van der Waals surface area contributed by atoms with Crippen LogP contribution in [0, 0.1) is 0 Å². The van der Waals surface area contributed by atoms with Gasteiger partial charge in [0.1, 0.15) is 17.6 Å². The highest BCUT2D eigenvalue weighted by molar-refractivity contribution is 6.32. The molecule has 21 heavy (non-hydrogen) atoms. The number of carboxylic acid groups (broad SMARTS) is 1. The summed E-state index contributed by atoms with van der Waals surface area (Å²) in [5.41, 5.74) is 1.11. The van der Waals surface area contributed by atoms with Crippen molar-refractivity contribution in [1.29, 1.82) is 0 Å². The predicted molar refractivity (Wildman–Crippen MR) is 80.9 cm³/mol. The van der Waals surface area contributed by atoms with Crippen LogP contribution >= 0.6 is 11.6 Å². The molecule has 0 aliphatic heterocycles. The molecule has 1 aromatic rings. The molecule has 1 atom stereocenters. The van der Waals surface area contributed by atoms with Crippen LogP contribution in [0.3, 0.4) is 0 Å². The maximum Gasteiger partial charge on any atom is 0.335 e. The summed E-state index contributed by atoms with van der Waals surface area (Å²) >= 11 is 6.07. The number of ether oxygens (including phenoxy) is 2. The second-order valence-electron chi connectivity index (χ2n) is 4.73. The van der Waals surface area contributed by atoms with Crippen LogP contribution in [0.5, 0.6) is 5.75 Å². The highest BCUT2D eigenvalue weighted by atomic mass is 35.5. The zero-order valence-corrected chi connectivity index (χ0v) is 12.7. The average Bonchev–Trinajstić information content (AvgIpc) is 2.48. The van der Waals surface area contributed by atoms with Crippen LogP contribution < -0.4 is 4.74 Å². The summed E-state index contributed by atoms with van der Waals surface area (Å²) in [6.45, 7) is 1.91. The standard InChI is InChI=1S/C16H17ClO4/c1-10(12-5-3-4-6-14(12)20-2)21-15-8-7-11(16(18)19)9-13(15)17/h3,5,7-10H,4,6H2,1-2H3,(H,18,19). The molecule has 0 bridgehead atoms. The lowest BCUT2D eigenvalue weighted by Gasteiger charge is -2.22. The maximum absolute atomic E-state index is 10.9. The molecule has 0 saturated heterocycles. The largest absolute Gasteiger partial charge is 0.501 e. The minimum atomic E-state index is -1.02. The summed E-state index contributed by atoms with van der Waals surface area (Å²) in [7, 11) is 1.65. The zero-order chi connectivity index (χ0) is 15.4. The molecule has 1 N–H and O–H groups in total. The summed E-state index contributed by atoms with van der Waals surface area (Å²) in [6.07, 6.45) is 5.64. The Balaban J connectivity index is 2.20. The van der Waals surface area contributed by atoms with Gasteiger partial charge in [-0.15, -0.1) is 0 Å². The van der Waals surface area contributed by atoms with Crippen LogP contribution in [-0.4, -0.2) is 24.3 Å². The molecule has 5 heteroatoms. The van der Waals surface area contributed by atoms with Gasteiger partial charge in [0, 0.05) is 12.0 Å². The third kappa shape index (κ3) is 3.58. The lowest BCUT2D eigenvalue weighted by Crippen LogP contribution is -2.18. The fourth-order valence-corrected chi connectivity index (χ4v) is 2.45. The fraction of sp³-hybridized carbons (Fsp3) is 0.312. The summed E-state index contributed by atoms with van der Waals surface area (Å²) in [6, 6.07) is 4.43. The number of hydrogen-bond donors (Lipinski definition) is 1. The number of rotatable bonds is 5. The minimum Gasteiger partial charge on any atom is -0.501 e. The van der Waals surface area contributed by atoms with Gasteiger partial charge in [0.05, 0.1) is 17.7 Å². The lowest BCUT2D eigenvalue weighted by atomic mass is 10.0. The first kappa shape index (κ1) is 15.4. The van der Waals surface area contributed by atoms with E-state index in [0.29, 0.717) is 5.75 Å². The molecule has 0 saturated carbocycles. The first-order chi connectivity index (χ1) is 10.0. The molecule has 1 aromatic carbocycles. The lowest BCUT2D eigenvalue weighted by molar-refractivity contribution is 0.0697. The van der Waals surface area contributed by atoms with Crippen molar-refractivity contribution in [3.8, 4) is 5.75 Å². The van der Waals surface area contributed by atoms with E-state index in [4.69, 9.17) is 26.2 Å². The van der Waals surface area contributed by atoms with E-state index in [1.807, 2.05) is 13.0 Å². The van der Waals surface area contributed by atoms with Gasteiger partial charge in [-0.1, -0.05) is 23.8 Å². The zero-order valence-electron chi connectivity index (χ0n) is 11.9. The van der Waals surface area contributed by atoms with E-state index in [9.17, 15) is 4.79 Å². The fourth-order valence-electron chi connectivity index (χ4n) is 2.23. The number of methoxy groups -OCH3 is 1. The normalized spacial score (nSPS) is 15.8. The molecule has 0 fully saturated rings. The van der Waals surface area contributed by atoms with E-state index in [0.717, 1.165) is 24.2 Å². The van der Waals surface area contributed by atoms with Crippen LogP contribution in [0.4, 0.5) is 0 Å². The van der Waals surface area contributed by atoms with Crippen LogP contribution in [-0.2, 0) is 4.74 Å². The quantitative estimate of drug-likeness (QED) is 0.891. The maximum atomic E-state index is 10.9. The molecule has 112 valence electrons. The van der Waals surface area contributed by atoms with Crippen molar-refractivity contribution in [2.75, 3.05) is 7.11 Å². The van der Waals surface area contributed by atoms with Gasteiger partial charge in [-0.3, -0.25) is 0 Å². The van der Waals surface area contributed by atoms with Gasteiger partial charge < -0.3 is 14.6 Å². The number of hydrogen-bond acceptors (Lipinski definition) is 3. The number of benzene rings is 1. The first-order valence-electron chi connectivity index (χ1n) is 6.66. The molecule has 0 heterocycles. The number of carbonyl (C=O) groups is 1. The molecule has 0 amide bonds. The van der Waals surface area contributed by atoms with Crippen molar-refractivity contribution >= 4 is 17.6 Å². The smallest absolute Gasteiger partial charge is 0.335 e. The van der Waals surface area contributed by atoms with Crippen LogP contribution in [0.1, 0.15) is 30.1 Å². The SMILES string of the molecule is COC1=C(C(C)Oc2ccc(C(=O)O)cc2Cl)C=CCC1. The van der Waals surface area contributed by atoms with Gasteiger partial charge in [-0.2, -0.15) is 0 Å². The molecule has 4 nitrogen and oxygen atoms in total. The highest BCUT2D eigenvalue weighted by Gasteiger charge is 2.18. The second kappa shape index (κ2) is 6.68. The second-order valence-corrected chi connectivity index (χ2v) is 5.14. The summed E-state index contributed by atoms with van der Waals surface area (Å²) < 4.78 is 11.2. The van der Waals surface area contributed by atoms with Crippen molar-refractivity contribution in [3.63, 3.8) is 0 Å². The molecular weight excluding hydrogens is 292 g/mol. The summed E-state index contributed by atoms with van der Waals surface area (Å²) in [5.74, 6) is 0.343. The Morgan fingerprint density at radius 1 is 1.43 bits per heavy atom. The third-order valence-corrected chi connectivity index (χ3v) is 3.62. The van der Waals surface area contributed by atoms with Gasteiger partial charge >= 0.3 is 5.97 Å². The third-order valence-electron chi connectivity index (χ3n) is 3.32. The molecule has 1 unspecified atom stereocenters. The van der Waals surface area contributed by atoms with Crippen molar-refractivity contribution in [2.45, 2.75) is 25.9 Å². The Morgan fingerprint density at radius 3 is 2.81 bits per heavy atom. The average molecular weight is 309 g/mol. The number of allylic oxidation sites excluding steroid dienone is 2. The van der Waals surface area contributed by atoms with E-state index in [1.165, 1.54) is 12.1 Å². The number of halogens is 1. The van der Waals surface area contributed by atoms with Crippen molar-refractivity contribution in [2.24, 2.45) is 0 Å². The van der Waals surface area contributed by atoms with E-state index < -0.39 is 5.97 Å². The van der Waals surface area contributed by atoms with E-state index in [2.05, 4.69) is 6.08 Å². The Labute approximate surface area is 128 Å². The van der Waals surface area contributed by atoms with E-state index >= 15 is 0 Å². The van der Waals surface area contributed by atoms with Crippen LogP contribution in [0.2, 0.25) is 5.02 Å². The molecule has 2 rings (SSSR count). The van der Waals surface area contributed by atoms with Crippen molar-refractivity contribution in [3.05, 3.63) is 52.3 Å². The Morgan fingerprint density at radius 2 is 2.19 bits per heavy atom. The first-order valence-corrected chi connectivity index (χ1v) is 7.03. The van der Waals surface area contributed by atoms with Crippen LogP contribution in [0.15, 0.2) is 41.7 Å². The van der Waals surface area contributed by atoms with Crippen LogP contribution in [0.25, 0.3) is 0 Å². The van der Waals surface area contributed by atoms with Gasteiger partial charge in [0.2, 0.25) is 0 Å². The molecule has 1 aliphatic rings. The summed E-state index contributed by atoms with van der Waals surface area (Å²) in [4.78, 5) is 10.9. The molecule has 0 aromatic heterocycles. The molecule has 0 radical (unpaired) electrons. The molecule has 1 aliphatic carbocycles. The number of carboxylic acids is 1. The van der Waals surface area contributed by atoms with Crippen molar-refractivity contribution in [1.82, 2.24) is 0 Å². The van der Waals surface area contributed by atoms with Gasteiger partial charge in [-0.25, -0.2) is 4.79 Å². The van der Waals surface area contributed by atoms with E-state index in [-0.39, 0.29) is 16.7 Å². The Kier molecular flexibility index (Phi) is 4.91.